The third-order valence-corrected chi connectivity index (χ3v) is 4.62. The van der Waals surface area contributed by atoms with Crippen LogP contribution in [0, 0.1) is 5.92 Å². The van der Waals surface area contributed by atoms with Gasteiger partial charge in [0.15, 0.2) is 0 Å². The average molecular weight is 335 g/mol. The molecule has 2 atom stereocenters. The number of aromatic hydroxyl groups is 1. The lowest BCUT2D eigenvalue weighted by Crippen LogP contribution is -2.33. The molecule has 0 fully saturated rings. The maximum atomic E-state index is 12.5. The number of hydrogen-bond donors (Lipinski definition) is 1. The predicted octanol–water partition coefficient (Wildman–Crippen LogP) is 4.17. The molecule has 0 bridgehead atoms. The van der Waals surface area contributed by atoms with Gasteiger partial charge in [-0.3, -0.25) is 9.79 Å². The summed E-state index contributed by atoms with van der Waals surface area (Å²) >= 11 is 0. The normalized spacial score (nSPS) is 20.2. The number of carbonyl (C=O) groups is 1. The van der Waals surface area contributed by atoms with Gasteiger partial charge in [0, 0.05) is 17.3 Å². The van der Waals surface area contributed by atoms with E-state index in [-0.39, 0.29) is 17.6 Å². The van der Waals surface area contributed by atoms with E-state index in [2.05, 4.69) is 4.99 Å². The van der Waals surface area contributed by atoms with Gasteiger partial charge < -0.3 is 9.84 Å². The summed E-state index contributed by atoms with van der Waals surface area (Å²) in [6.07, 6.45) is 0. The van der Waals surface area contributed by atoms with Crippen molar-refractivity contribution < 1.29 is 14.6 Å². The van der Waals surface area contributed by atoms with Crippen molar-refractivity contribution in [2.75, 3.05) is 7.11 Å². The molecular formula is C21H21NO3. The second-order valence-corrected chi connectivity index (χ2v) is 6.19. The first kappa shape index (κ1) is 17.0. The van der Waals surface area contributed by atoms with Gasteiger partial charge >= 0.3 is 5.97 Å². The Bertz CT molecular complexity index is 835. The molecule has 0 radical (unpaired) electrons. The minimum absolute atomic E-state index is 0.196. The number of carbonyl (C=O) groups excluding carboxylic acids is 1. The van der Waals surface area contributed by atoms with E-state index >= 15 is 0 Å². The molecule has 1 N–H and O–H groups in total. The second kappa shape index (κ2) is 6.93. The predicted molar refractivity (Wildman–Crippen MR) is 98.5 cm³/mol. The van der Waals surface area contributed by atoms with Gasteiger partial charge in [-0.1, -0.05) is 42.5 Å². The summed E-state index contributed by atoms with van der Waals surface area (Å²) in [5.74, 6) is -0.816. The molecule has 0 aliphatic carbocycles. The molecule has 1 aliphatic heterocycles. The summed E-state index contributed by atoms with van der Waals surface area (Å²) in [4.78, 5) is 17.2. The lowest BCUT2D eigenvalue weighted by molar-refractivity contribution is -0.143. The second-order valence-electron chi connectivity index (χ2n) is 6.19. The molecule has 0 aromatic heterocycles. The lowest BCUT2D eigenvalue weighted by Gasteiger charge is -2.32. The zero-order valence-corrected chi connectivity index (χ0v) is 14.6. The topological polar surface area (TPSA) is 58.9 Å². The Balaban J connectivity index is 2.22. The molecule has 4 heteroatoms. The van der Waals surface area contributed by atoms with Crippen LogP contribution in [0.3, 0.4) is 0 Å². The highest BCUT2D eigenvalue weighted by Crippen LogP contribution is 2.44. The van der Waals surface area contributed by atoms with Crippen LogP contribution in [-0.2, 0) is 9.53 Å². The van der Waals surface area contributed by atoms with E-state index in [1.54, 1.807) is 12.1 Å². The molecule has 128 valence electrons. The number of ether oxygens (including phenoxy) is 1. The first-order valence-corrected chi connectivity index (χ1v) is 8.21. The van der Waals surface area contributed by atoms with Crippen LogP contribution in [0.1, 0.15) is 30.9 Å². The van der Waals surface area contributed by atoms with Crippen molar-refractivity contribution in [2.24, 2.45) is 10.9 Å². The quantitative estimate of drug-likeness (QED) is 0.857. The van der Waals surface area contributed by atoms with Crippen LogP contribution < -0.4 is 0 Å². The van der Waals surface area contributed by atoms with Crippen molar-refractivity contribution >= 4 is 17.3 Å². The molecule has 2 aromatic carbocycles. The number of benzene rings is 2. The minimum atomic E-state index is -0.492. The van der Waals surface area contributed by atoms with Gasteiger partial charge in [0.05, 0.1) is 7.11 Å². The Kier molecular flexibility index (Phi) is 4.70. The Morgan fingerprint density at radius 3 is 2.28 bits per heavy atom. The number of aliphatic imine (C=N–C) groups is 1. The zero-order valence-electron chi connectivity index (χ0n) is 14.6. The fourth-order valence-electron chi connectivity index (χ4n) is 3.51. The van der Waals surface area contributed by atoms with Crippen molar-refractivity contribution in [3.63, 3.8) is 0 Å². The fourth-order valence-corrected chi connectivity index (χ4v) is 3.51. The van der Waals surface area contributed by atoms with E-state index in [1.165, 1.54) is 7.11 Å². The molecular weight excluding hydrogens is 314 g/mol. The number of phenols is 1. The van der Waals surface area contributed by atoms with E-state index < -0.39 is 5.92 Å². The molecule has 1 aliphatic rings. The van der Waals surface area contributed by atoms with Crippen LogP contribution in [0.15, 0.2) is 65.3 Å². The molecule has 2 unspecified atom stereocenters. The lowest BCUT2D eigenvalue weighted by atomic mass is 9.73. The summed E-state index contributed by atoms with van der Waals surface area (Å²) < 4.78 is 5.06. The molecule has 0 spiro atoms. The van der Waals surface area contributed by atoms with Crippen LogP contribution in [0.25, 0.3) is 5.57 Å². The summed E-state index contributed by atoms with van der Waals surface area (Å²) in [6.45, 7) is 3.83. The van der Waals surface area contributed by atoms with Crippen LogP contribution in [-0.4, -0.2) is 23.9 Å². The summed E-state index contributed by atoms with van der Waals surface area (Å²) in [5.41, 5.74) is 4.61. The Morgan fingerprint density at radius 1 is 1.04 bits per heavy atom. The molecule has 2 aromatic rings. The van der Waals surface area contributed by atoms with E-state index in [0.29, 0.717) is 0 Å². The largest absolute Gasteiger partial charge is 0.508 e. The van der Waals surface area contributed by atoms with Crippen LogP contribution >= 0.6 is 0 Å². The molecule has 0 saturated heterocycles. The van der Waals surface area contributed by atoms with Crippen LogP contribution in [0.4, 0.5) is 0 Å². The Labute approximate surface area is 147 Å². The standard InChI is InChI=1S/C21H21NO3/c1-13-18(15-7-5-4-6-8-15)20(16-9-11-17(23)12-10-16)19(14(2)22-13)21(24)25-3/h4-12,19-20,23H,1-3H3. The van der Waals surface area contributed by atoms with Gasteiger partial charge in [-0.15, -0.1) is 0 Å². The zero-order chi connectivity index (χ0) is 18.0. The van der Waals surface area contributed by atoms with Crippen LogP contribution in [0.2, 0.25) is 0 Å². The van der Waals surface area contributed by atoms with Crippen molar-refractivity contribution in [2.45, 2.75) is 19.8 Å². The van der Waals surface area contributed by atoms with Gasteiger partial charge in [-0.25, -0.2) is 0 Å². The highest BCUT2D eigenvalue weighted by molar-refractivity contribution is 6.06. The Hall–Kier alpha value is -2.88. The summed E-state index contributed by atoms with van der Waals surface area (Å²) in [5, 5.41) is 9.64. The van der Waals surface area contributed by atoms with Gasteiger partial charge in [-0.2, -0.15) is 0 Å². The average Bonchev–Trinajstić information content (AvgIpc) is 2.62. The smallest absolute Gasteiger partial charge is 0.315 e. The third-order valence-electron chi connectivity index (χ3n) is 4.62. The fraction of sp³-hybridized carbons (Fsp3) is 0.238. The van der Waals surface area contributed by atoms with E-state index in [9.17, 15) is 9.90 Å². The third kappa shape index (κ3) is 3.20. The molecule has 1 heterocycles. The summed E-state index contributed by atoms with van der Waals surface area (Å²) in [7, 11) is 1.40. The monoisotopic (exact) mass is 335 g/mol. The molecule has 0 amide bonds. The van der Waals surface area contributed by atoms with Gasteiger partial charge in [0.25, 0.3) is 0 Å². The van der Waals surface area contributed by atoms with Gasteiger partial charge in [0.2, 0.25) is 0 Å². The summed E-state index contributed by atoms with van der Waals surface area (Å²) in [6, 6.07) is 16.9. The first-order valence-electron chi connectivity index (χ1n) is 8.21. The van der Waals surface area contributed by atoms with Gasteiger partial charge in [-0.05, 0) is 42.7 Å². The number of methoxy groups -OCH3 is 1. The number of phenolic OH excluding ortho intramolecular Hbond substituents is 1. The number of hydrogen-bond acceptors (Lipinski definition) is 4. The maximum absolute atomic E-state index is 12.5. The van der Waals surface area contributed by atoms with Crippen LogP contribution in [0.5, 0.6) is 5.75 Å². The number of allylic oxidation sites excluding steroid dienone is 2. The molecule has 25 heavy (non-hydrogen) atoms. The van der Waals surface area contributed by atoms with Crippen molar-refractivity contribution in [1.29, 1.82) is 0 Å². The number of nitrogens with zero attached hydrogens (tertiary/aromatic N) is 1. The number of esters is 1. The van der Waals surface area contributed by atoms with Gasteiger partial charge in [0.1, 0.15) is 11.7 Å². The number of rotatable bonds is 3. The maximum Gasteiger partial charge on any atom is 0.315 e. The highest BCUT2D eigenvalue weighted by atomic mass is 16.5. The van der Waals surface area contributed by atoms with E-state index in [4.69, 9.17) is 4.74 Å². The molecule has 0 saturated carbocycles. The van der Waals surface area contributed by atoms with E-state index in [0.717, 1.165) is 28.1 Å². The first-order chi connectivity index (χ1) is 12.0. The molecule has 4 nitrogen and oxygen atoms in total. The Morgan fingerprint density at radius 2 is 1.68 bits per heavy atom. The van der Waals surface area contributed by atoms with Crippen molar-refractivity contribution in [3.8, 4) is 5.75 Å². The molecule has 3 rings (SSSR count). The minimum Gasteiger partial charge on any atom is -0.508 e. The van der Waals surface area contributed by atoms with E-state index in [1.807, 2.05) is 56.3 Å². The highest BCUT2D eigenvalue weighted by Gasteiger charge is 2.39. The SMILES string of the molecule is COC(=O)C1C(C)=NC(C)=C(c2ccccc2)C1c1ccc(O)cc1. The van der Waals surface area contributed by atoms with Crippen molar-refractivity contribution in [1.82, 2.24) is 0 Å². The van der Waals surface area contributed by atoms with Crippen molar-refractivity contribution in [3.05, 3.63) is 71.4 Å².